The van der Waals surface area contributed by atoms with Gasteiger partial charge < -0.3 is 15.5 Å². The normalized spacial score (nSPS) is 17.8. The van der Waals surface area contributed by atoms with Crippen LogP contribution in [0.15, 0.2) is 54.6 Å². The Morgan fingerprint density at radius 3 is 2.39 bits per heavy atom. The molecule has 3 N–H and O–H groups in total. The highest BCUT2D eigenvalue weighted by atomic mass is 16.2. The van der Waals surface area contributed by atoms with Crippen molar-refractivity contribution in [2.75, 3.05) is 23.7 Å². The zero-order chi connectivity index (χ0) is 29.1. The fourth-order valence-electron chi connectivity index (χ4n) is 5.48. The predicted molar refractivity (Wildman–Crippen MR) is 160 cm³/mol. The number of carbonyl (C=O) groups is 3. The molecule has 2 fully saturated rings. The molecule has 0 aliphatic carbocycles. The first-order chi connectivity index (χ1) is 19.5. The number of aromatic nitrogens is 2. The van der Waals surface area contributed by atoms with E-state index in [2.05, 4.69) is 42.8 Å². The van der Waals surface area contributed by atoms with Gasteiger partial charge in [0.2, 0.25) is 11.8 Å². The first-order valence-corrected chi connectivity index (χ1v) is 14.5. The number of hydrogen-bond acceptors (Lipinski definition) is 4. The number of aryl methyl sites for hydroxylation is 1. The van der Waals surface area contributed by atoms with E-state index in [9.17, 15) is 14.4 Å². The Bertz CT molecular complexity index is 1410. The van der Waals surface area contributed by atoms with Crippen LogP contribution in [0.3, 0.4) is 0 Å². The van der Waals surface area contributed by atoms with Crippen LogP contribution in [0.5, 0.6) is 0 Å². The molecule has 0 bridgehead atoms. The van der Waals surface area contributed by atoms with Gasteiger partial charge in [0.15, 0.2) is 0 Å². The summed E-state index contributed by atoms with van der Waals surface area (Å²) in [5.74, 6) is 1.07. The third-order valence-electron chi connectivity index (χ3n) is 7.93. The SMILES string of the molecule is Cc1ccc(-n2nc(C(C)(C)C)cc2NC(=O)Nc2cccc(CC3CCN(C(=O)[C@H]4CCC(=O)N4)CC3)c2)cc1. The lowest BCUT2D eigenvalue weighted by molar-refractivity contribution is -0.135. The van der Waals surface area contributed by atoms with E-state index in [1.165, 1.54) is 0 Å². The van der Waals surface area contributed by atoms with E-state index < -0.39 is 0 Å². The van der Waals surface area contributed by atoms with E-state index in [0.717, 1.165) is 47.5 Å². The number of benzene rings is 2. The minimum absolute atomic E-state index is 0.0352. The van der Waals surface area contributed by atoms with Gasteiger partial charge >= 0.3 is 6.03 Å². The number of carbonyl (C=O) groups excluding carboxylic acids is 3. The van der Waals surface area contributed by atoms with Gasteiger partial charge in [-0.1, -0.05) is 50.6 Å². The van der Waals surface area contributed by atoms with Gasteiger partial charge in [-0.15, -0.1) is 0 Å². The summed E-state index contributed by atoms with van der Waals surface area (Å²) in [6, 6.07) is 17.2. The molecule has 3 aromatic rings. The molecule has 2 saturated heterocycles. The summed E-state index contributed by atoms with van der Waals surface area (Å²) in [5.41, 5.74) is 4.62. The molecule has 5 rings (SSSR count). The third kappa shape index (κ3) is 6.96. The maximum absolute atomic E-state index is 13.1. The lowest BCUT2D eigenvalue weighted by Crippen LogP contribution is -2.47. The fraction of sp³-hybridized carbons (Fsp3) is 0.438. The van der Waals surface area contributed by atoms with Crippen molar-refractivity contribution >= 4 is 29.4 Å². The van der Waals surface area contributed by atoms with Crippen LogP contribution in [-0.2, 0) is 21.4 Å². The molecule has 4 amide bonds. The molecule has 0 spiro atoms. The lowest BCUT2D eigenvalue weighted by Gasteiger charge is -2.33. The topological polar surface area (TPSA) is 108 Å². The van der Waals surface area contributed by atoms with Crippen molar-refractivity contribution in [2.24, 2.45) is 5.92 Å². The second-order valence-electron chi connectivity index (χ2n) is 12.3. The molecule has 2 aromatic carbocycles. The van der Waals surface area contributed by atoms with Crippen LogP contribution < -0.4 is 16.0 Å². The Labute approximate surface area is 241 Å². The van der Waals surface area contributed by atoms with Gasteiger partial charge in [0.25, 0.3) is 0 Å². The molecular formula is C32H40N6O3. The first kappa shape index (κ1) is 28.4. The van der Waals surface area contributed by atoms with Crippen LogP contribution in [0, 0.1) is 12.8 Å². The number of likely N-dealkylation sites (tertiary alicyclic amines) is 1. The highest BCUT2D eigenvalue weighted by Gasteiger charge is 2.32. The van der Waals surface area contributed by atoms with E-state index in [4.69, 9.17) is 5.10 Å². The molecule has 3 heterocycles. The van der Waals surface area contributed by atoms with Crippen LogP contribution >= 0.6 is 0 Å². The minimum atomic E-state index is -0.358. The van der Waals surface area contributed by atoms with Gasteiger partial charge in [-0.25, -0.2) is 9.48 Å². The van der Waals surface area contributed by atoms with Crippen molar-refractivity contribution in [1.82, 2.24) is 20.0 Å². The molecule has 41 heavy (non-hydrogen) atoms. The maximum atomic E-state index is 13.1. The zero-order valence-electron chi connectivity index (χ0n) is 24.4. The van der Waals surface area contributed by atoms with Gasteiger partial charge in [0.1, 0.15) is 11.9 Å². The summed E-state index contributed by atoms with van der Waals surface area (Å²) in [7, 11) is 0. The smallest absolute Gasteiger partial charge is 0.324 e. The Morgan fingerprint density at radius 1 is 1.00 bits per heavy atom. The van der Waals surface area contributed by atoms with Crippen molar-refractivity contribution < 1.29 is 14.4 Å². The molecule has 2 aliphatic heterocycles. The predicted octanol–water partition coefficient (Wildman–Crippen LogP) is 5.18. The molecule has 0 saturated carbocycles. The standard InChI is InChI=1S/C32H40N6O3/c1-21-8-10-25(11-9-21)38-28(20-27(36-38)32(2,3)4)35-31(41)33-24-7-5-6-23(19-24)18-22-14-16-37(17-15-22)30(40)26-12-13-29(39)34-26/h5-11,19-20,22,26H,12-18H2,1-4H3,(H,34,39)(H2,33,35,41)/t26-/m1/s1. The number of urea groups is 1. The number of rotatable bonds is 6. The summed E-state index contributed by atoms with van der Waals surface area (Å²) in [6.07, 6.45) is 3.75. The molecule has 1 aromatic heterocycles. The molecule has 2 aliphatic rings. The molecule has 0 unspecified atom stereocenters. The van der Waals surface area contributed by atoms with Crippen LogP contribution in [0.1, 0.15) is 63.3 Å². The average molecular weight is 557 g/mol. The number of piperidine rings is 1. The Kier molecular flexibility index (Phi) is 8.15. The Balaban J connectivity index is 1.19. The molecular weight excluding hydrogens is 516 g/mol. The number of anilines is 2. The van der Waals surface area contributed by atoms with Gasteiger partial charge in [0, 0.05) is 36.7 Å². The number of hydrogen-bond donors (Lipinski definition) is 3. The van der Waals surface area contributed by atoms with Crippen LogP contribution in [0.4, 0.5) is 16.3 Å². The second-order valence-corrected chi connectivity index (χ2v) is 12.3. The van der Waals surface area contributed by atoms with E-state index in [-0.39, 0.29) is 29.3 Å². The molecule has 0 radical (unpaired) electrons. The molecule has 216 valence electrons. The summed E-state index contributed by atoms with van der Waals surface area (Å²) < 4.78 is 1.77. The number of nitrogens with zero attached hydrogens (tertiary/aromatic N) is 3. The van der Waals surface area contributed by atoms with E-state index in [1.807, 2.05) is 60.4 Å². The number of nitrogens with one attached hydrogen (secondary N) is 3. The zero-order valence-corrected chi connectivity index (χ0v) is 24.4. The van der Waals surface area contributed by atoms with E-state index in [0.29, 0.717) is 37.7 Å². The molecule has 1 atom stereocenters. The minimum Gasteiger partial charge on any atom is -0.344 e. The largest absolute Gasteiger partial charge is 0.344 e. The van der Waals surface area contributed by atoms with Crippen LogP contribution in [0.2, 0.25) is 0 Å². The summed E-state index contributed by atoms with van der Waals surface area (Å²) >= 11 is 0. The van der Waals surface area contributed by atoms with Gasteiger partial charge in [-0.3, -0.25) is 14.9 Å². The number of amides is 4. The monoisotopic (exact) mass is 556 g/mol. The first-order valence-electron chi connectivity index (χ1n) is 14.5. The Hall–Kier alpha value is -4.14. The van der Waals surface area contributed by atoms with E-state index >= 15 is 0 Å². The van der Waals surface area contributed by atoms with Gasteiger partial charge in [-0.05, 0) is 68.4 Å². The van der Waals surface area contributed by atoms with Crippen molar-refractivity contribution in [3.63, 3.8) is 0 Å². The third-order valence-corrected chi connectivity index (χ3v) is 7.93. The van der Waals surface area contributed by atoms with Crippen LogP contribution in [-0.4, -0.2) is 51.7 Å². The lowest BCUT2D eigenvalue weighted by atomic mass is 9.89. The molecule has 9 heteroatoms. The van der Waals surface area contributed by atoms with Crippen molar-refractivity contribution in [1.29, 1.82) is 0 Å². The van der Waals surface area contributed by atoms with Gasteiger partial charge in [-0.2, -0.15) is 5.10 Å². The van der Waals surface area contributed by atoms with Crippen LogP contribution in [0.25, 0.3) is 5.69 Å². The average Bonchev–Trinajstić information content (AvgIpc) is 3.56. The summed E-state index contributed by atoms with van der Waals surface area (Å²) in [4.78, 5) is 39.2. The van der Waals surface area contributed by atoms with Crippen molar-refractivity contribution in [3.8, 4) is 5.69 Å². The highest BCUT2D eigenvalue weighted by Crippen LogP contribution is 2.27. The quantitative estimate of drug-likeness (QED) is 0.389. The molecule has 9 nitrogen and oxygen atoms in total. The maximum Gasteiger partial charge on any atom is 0.324 e. The summed E-state index contributed by atoms with van der Waals surface area (Å²) in [6.45, 7) is 9.75. The Morgan fingerprint density at radius 2 is 1.73 bits per heavy atom. The summed E-state index contributed by atoms with van der Waals surface area (Å²) in [5, 5.41) is 13.6. The highest BCUT2D eigenvalue weighted by molar-refractivity contribution is 5.99. The van der Waals surface area contributed by atoms with Gasteiger partial charge in [0.05, 0.1) is 11.4 Å². The van der Waals surface area contributed by atoms with Crippen molar-refractivity contribution in [2.45, 2.75) is 71.3 Å². The fourth-order valence-corrected chi connectivity index (χ4v) is 5.48. The second kappa shape index (κ2) is 11.8. The van der Waals surface area contributed by atoms with Crippen molar-refractivity contribution in [3.05, 3.63) is 71.4 Å². The van der Waals surface area contributed by atoms with E-state index in [1.54, 1.807) is 4.68 Å².